The van der Waals surface area contributed by atoms with Crippen LogP contribution in [-0.2, 0) is 14.8 Å². The van der Waals surface area contributed by atoms with E-state index in [1.54, 1.807) is 6.20 Å². The molecule has 3 unspecified atom stereocenters. The Kier molecular flexibility index (Phi) is 6.88. The fraction of sp³-hybridized carbons (Fsp3) is 0.280. The highest BCUT2D eigenvalue weighted by molar-refractivity contribution is 7.89. The maximum atomic E-state index is 13.1. The predicted octanol–water partition coefficient (Wildman–Crippen LogP) is 3.40. The van der Waals surface area contributed by atoms with Gasteiger partial charge in [-0.1, -0.05) is 36.4 Å². The molecule has 1 amide bonds. The zero-order valence-electron chi connectivity index (χ0n) is 18.6. The Morgan fingerprint density at radius 1 is 0.970 bits per heavy atom. The van der Waals surface area contributed by atoms with Crippen molar-refractivity contribution in [1.29, 1.82) is 0 Å². The standard InChI is InChI=1S/C25H27N3O4S/c1-18-16-28(17-19(2)32-18)33(30,31)22-13-11-21(12-14-22)25(29)27-24(20-8-4-3-5-9-20)23-10-6-7-15-26-23/h3-15,18-19,24H,16-17H2,1-2H3,(H,27,29). The lowest BCUT2D eigenvalue weighted by Crippen LogP contribution is -2.48. The zero-order valence-corrected chi connectivity index (χ0v) is 19.4. The number of ether oxygens (including phenoxy) is 1. The van der Waals surface area contributed by atoms with Gasteiger partial charge in [-0.15, -0.1) is 0 Å². The minimum atomic E-state index is -3.67. The second-order valence-electron chi connectivity index (χ2n) is 8.18. The van der Waals surface area contributed by atoms with E-state index in [0.29, 0.717) is 24.3 Å². The fourth-order valence-corrected chi connectivity index (χ4v) is 5.58. The summed E-state index contributed by atoms with van der Waals surface area (Å²) < 4.78 is 33.2. The van der Waals surface area contributed by atoms with Gasteiger partial charge in [0, 0.05) is 24.8 Å². The van der Waals surface area contributed by atoms with E-state index < -0.39 is 16.1 Å². The quantitative estimate of drug-likeness (QED) is 0.603. The Bertz CT molecular complexity index is 1140. The van der Waals surface area contributed by atoms with Crippen molar-refractivity contribution in [3.8, 4) is 0 Å². The molecule has 0 saturated carbocycles. The second-order valence-corrected chi connectivity index (χ2v) is 10.1. The van der Waals surface area contributed by atoms with Crippen LogP contribution in [0, 0.1) is 0 Å². The molecule has 33 heavy (non-hydrogen) atoms. The summed E-state index contributed by atoms with van der Waals surface area (Å²) in [6, 6.07) is 20.7. The molecule has 1 aromatic heterocycles. The molecule has 1 aliphatic heterocycles. The van der Waals surface area contributed by atoms with Crippen LogP contribution in [0.15, 0.2) is 83.9 Å². The van der Waals surface area contributed by atoms with Crippen LogP contribution in [0.3, 0.4) is 0 Å². The molecule has 1 aliphatic rings. The topological polar surface area (TPSA) is 88.6 Å². The van der Waals surface area contributed by atoms with Crippen LogP contribution in [0.25, 0.3) is 0 Å². The normalized spacial score (nSPS) is 20.2. The third-order valence-corrected chi connectivity index (χ3v) is 7.38. The average Bonchev–Trinajstić information content (AvgIpc) is 2.83. The minimum Gasteiger partial charge on any atom is -0.373 e. The summed E-state index contributed by atoms with van der Waals surface area (Å²) in [6.45, 7) is 4.32. The van der Waals surface area contributed by atoms with Gasteiger partial charge in [-0.05, 0) is 55.8 Å². The van der Waals surface area contributed by atoms with Crippen molar-refractivity contribution in [3.63, 3.8) is 0 Å². The molecule has 172 valence electrons. The molecule has 0 bridgehead atoms. The number of benzene rings is 2. The highest BCUT2D eigenvalue weighted by Gasteiger charge is 2.32. The van der Waals surface area contributed by atoms with Crippen LogP contribution in [0.5, 0.6) is 0 Å². The van der Waals surface area contributed by atoms with Gasteiger partial charge in [-0.25, -0.2) is 8.42 Å². The molecule has 2 aromatic carbocycles. The summed E-state index contributed by atoms with van der Waals surface area (Å²) in [6.07, 6.45) is 1.34. The first-order valence-electron chi connectivity index (χ1n) is 10.9. The van der Waals surface area contributed by atoms with Crippen LogP contribution < -0.4 is 5.32 Å². The number of aromatic nitrogens is 1. The molecule has 3 aromatic rings. The Hall–Kier alpha value is -3.07. The first-order valence-corrected chi connectivity index (χ1v) is 12.3. The maximum Gasteiger partial charge on any atom is 0.252 e. The predicted molar refractivity (Wildman–Crippen MR) is 125 cm³/mol. The van der Waals surface area contributed by atoms with Gasteiger partial charge in [-0.2, -0.15) is 4.31 Å². The molecular weight excluding hydrogens is 438 g/mol. The van der Waals surface area contributed by atoms with E-state index in [2.05, 4.69) is 10.3 Å². The number of rotatable bonds is 6. The third kappa shape index (κ3) is 5.30. The summed E-state index contributed by atoms with van der Waals surface area (Å²) in [5.41, 5.74) is 1.99. The smallest absolute Gasteiger partial charge is 0.252 e. The van der Waals surface area contributed by atoms with Crippen molar-refractivity contribution >= 4 is 15.9 Å². The number of carbonyl (C=O) groups is 1. The number of nitrogens with one attached hydrogen (secondary N) is 1. The van der Waals surface area contributed by atoms with Gasteiger partial charge in [0.05, 0.1) is 28.8 Å². The number of pyridine rings is 1. The van der Waals surface area contributed by atoms with Gasteiger partial charge in [0.15, 0.2) is 0 Å². The minimum absolute atomic E-state index is 0.157. The Morgan fingerprint density at radius 3 is 2.21 bits per heavy atom. The van der Waals surface area contributed by atoms with E-state index in [1.807, 2.05) is 62.4 Å². The monoisotopic (exact) mass is 465 g/mol. The molecule has 1 saturated heterocycles. The second kappa shape index (κ2) is 9.82. The summed E-state index contributed by atoms with van der Waals surface area (Å²) in [5, 5.41) is 3.02. The lowest BCUT2D eigenvalue weighted by Gasteiger charge is -2.34. The highest BCUT2D eigenvalue weighted by atomic mass is 32.2. The third-order valence-electron chi connectivity index (χ3n) is 5.53. The van der Waals surface area contributed by atoms with Crippen LogP contribution in [0.4, 0.5) is 0 Å². The Balaban J connectivity index is 1.54. The van der Waals surface area contributed by atoms with Crippen LogP contribution >= 0.6 is 0 Å². The summed E-state index contributed by atoms with van der Waals surface area (Å²) in [5.74, 6) is -0.313. The Labute approximate surface area is 194 Å². The number of sulfonamides is 1. The fourth-order valence-electron chi connectivity index (χ4n) is 3.99. The highest BCUT2D eigenvalue weighted by Crippen LogP contribution is 2.23. The summed E-state index contributed by atoms with van der Waals surface area (Å²) in [4.78, 5) is 17.6. The van der Waals surface area contributed by atoms with Crippen molar-refractivity contribution in [3.05, 3.63) is 95.8 Å². The van der Waals surface area contributed by atoms with Crippen molar-refractivity contribution < 1.29 is 17.9 Å². The molecule has 3 atom stereocenters. The number of hydrogen-bond acceptors (Lipinski definition) is 5. The van der Waals surface area contributed by atoms with E-state index in [0.717, 1.165) is 5.56 Å². The van der Waals surface area contributed by atoms with Gasteiger partial charge < -0.3 is 10.1 Å². The molecule has 1 fully saturated rings. The molecule has 2 heterocycles. The molecule has 4 rings (SSSR count). The molecule has 8 heteroatoms. The van der Waals surface area contributed by atoms with Gasteiger partial charge in [-0.3, -0.25) is 9.78 Å². The van der Waals surface area contributed by atoms with Crippen molar-refractivity contribution in [2.75, 3.05) is 13.1 Å². The molecule has 7 nitrogen and oxygen atoms in total. The molecule has 0 aliphatic carbocycles. The van der Waals surface area contributed by atoms with Gasteiger partial charge in [0.2, 0.25) is 10.0 Å². The van der Waals surface area contributed by atoms with Crippen molar-refractivity contribution in [1.82, 2.24) is 14.6 Å². The average molecular weight is 466 g/mol. The number of carbonyl (C=O) groups excluding carboxylic acids is 1. The lowest BCUT2D eigenvalue weighted by molar-refractivity contribution is -0.0440. The van der Waals surface area contributed by atoms with E-state index in [4.69, 9.17) is 4.74 Å². The van der Waals surface area contributed by atoms with Gasteiger partial charge >= 0.3 is 0 Å². The molecule has 0 spiro atoms. The van der Waals surface area contributed by atoms with Gasteiger partial charge in [0.1, 0.15) is 0 Å². The SMILES string of the molecule is CC1CN(S(=O)(=O)c2ccc(C(=O)NC(c3ccccc3)c3ccccn3)cc2)CC(C)O1. The number of morpholine rings is 1. The lowest BCUT2D eigenvalue weighted by atomic mass is 10.0. The maximum absolute atomic E-state index is 13.1. The first kappa shape index (κ1) is 23.1. The van der Waals surface area contributed by atoms with Crippen LogP contribution in [0.1, 0.15) is 41.5 Å². The van der Waals surface area contributed by atoms with Crippen LogP contribution in [-0.4, -0.2) is 48.9 Å². The van der Waals surface area contributed by atoms with Gasteiger partial charge in [0.25, 0.3) is 5.91 Å². The van der Waals surface area contributed by atoms with E-state index >= 15 is 0 Å². The Morgan fingerprint density at radius 2 is 1.61 bits per heavy atom. The van der Waals surface area contributed by atoms with Crippen LogP contribution in [0.2, 0.25) is 0 Å². The number of amides is 1. The summed E-state index contributed by atoms with van der Waals surface area (Å²) >= 11 is 0. The van der Waals surface area contributed by atoms with E-state index in [-0.39, 0.29) is 23.0 Å². The van der Waals surface area contributed by atoms with Crippen molar-refractivity contribution in [2.45, 2.75) is 37.0 Å². The molecular formula is C25H27N3O4S. The molecule has 1 N–H and O–H groups in total. The first-order chi connectivity index (χ1) is 15.8. The molecule has 0 radical (unpaired) electrons. The van der Waals surface area contributed by atoms with Crippen molar-refractivity contribution in [2.24, 2.45) is 0 Å². The van der Waals surface area contributed by atoms with E-state index in [1.165, 1.54) is 28.6 Å². The number of hydrogen-bond donors (Lipinski definition) is 1. The zero-order chi connectivity index (χ0) is 23.4. The van der Waals surface area contributed by atoms with E-state index in [9.17, 15) is 13.2 Å². The largest absolute Gasteiger partial charge is 0.373 e. The summed E-state index contributed by atoms with van der Waals surface area (Å²) in [7, 11) is -3.67. The number of nitrogens with zero attached hydrogens (tertiary/aromatic N) is 2.